The quantitative estimate of drug-likeness (QED) is 0.187. The van der Waals surface area contributed by atoms with Crippen molar-refractivity contribution in [3.8, 4) is 0 Å². The summed E-state index contributed by atoms with van der Waals surface area (Å²) in [6.07, 6.45) is 11.6. The van der Waals surface area contributed by atoms with Gasteiger partial charge in [-0.05, 0) is 39.0 Å². The minimum atomic E-state index is -2.62. The molecule has 0 aromatic heterocycles. The first-order chi connectivity index (χ1) is 13.8. The third-order valence-corrected chi connectivity index (χ3v) is 8.27. The van der Waals surface area contributed by atoms with Crippen LogP contribution in [0.2, 0.25) is 6.04 Å². The Bertz CT molecular complexity index is 387. The summed E-state index contributed by atoms with van der Waals surface area (Å²) in [6, 6.07) is 0.781. The first-order valence-electron chi connectivity index (χ1n) is 12.0. The highest BCUT2D eigenvalue weighted by Crippen LogP contribution is 2.28. The highest BCUT2D eigenvalue weighted by molar-refractivity contribution is 6.60. The zero-order valence-corrected chi connectivity index (χ0v) is 21.2. The maximum absolute atomic E-state index is 12.2. The summed E-state index contributed by atoms with van der Waals surface area (Å²) in [5.41, 5.74) is -0.0154. The third-order valence-electron chi connectivity index (χ3n) is 5.22. The zero-order chi connectivity index (χ0) is 22.0. The molecule has 5 nitrogen and oxygen atoms in total. The van der Waals surface area contributed by atoms with Gasteiger partial charge in [-0.3, -0.25) is 4.79 Å². The van der Waals surface area contributed by atoms with E-state index in [-0.39, 0.29) is 11.3 Å². The molecule has 0 heterocycles. The Morgan fingerprint density at radius 1 is 0.793 bits per heavy atom. The molecule has 0 atom stereocenters. The molecule has 0 aromatic rings. The minimum absolute atomic E-state index is 0.0154. The normalized spacial score (nSPS) is 12.3. The first-order valence-corrected chi connectivity index (χ1v) is 14.0. The van der Waals surface area contributed by atoms with E-state index in [1.54, 1.807) is 0 Å². The average Bonchev–Trinajstić information content (AvgIpc) is 2.68. The third kappa shape index (κ3) is 15.1. The van der Waals surface area contributed by atoms with Gasteiger partial charge in [-0.15, -0.1) is 0 Å². The van der Waals surface area contributed by atoms with E-state index in [0.29, 0.717) is 32.8 Å². The second kappa shape index (κ2) is 17.3. The molecule has 29 heavy (non-hydrogen) atoms. The van der Waals surface area contributed by atoms with E-state index in [4.69, 9.17) is 13.3 Å². The molecule has 0 fully saturated rings. The Labute approximate surface area is 182 Å². The molecular weight excluding hydrogens is 382 g/mol. The van der Waals surface area contributed by atoms with Gasteiger partial charge in [-0.25, -0.2) is 0 Å². The van der Waals surface area contributed by atoms with Gasteiger partial charge in [0.2, 0.25) is 5.91 Å². The smallest absolute Gasteiger partial charge is 0.374 e. The predicted octanol–water partition coefficient (Wildman–Crippen LogP) is 6.10. The van der Waals surface area contributed by atoms with Crippen LogP contribution >= 0.6 is 0 Å². The highest BCUT2D eigenvalue weighted by Gasteiger charge is 2.41. The van der Waals surface area contributed by atoms with Crippen LogP contribution in [0.25, 0.3) is 0 Å². The molecule has 174 valence electrons. The van der Waals surface area contributed by atoms with Crippen molar-refractivity contribution in [3.05, 3.63) is 0 Å². The number of hydrogen-bond donors (Lipinski definition) is 1. The first kappa shape index (κ1) is 28.6. The number of nitrogens with one attached hydrogen (secondary N) is 1. The zero-order valence-electron chi connectivity index (χ0n) is 20.2. The van der Waals surface area contributed by atoms with Gasteiger partial charge in [0.25, 0.3) is 0 Å². The molecule has 0 radical (unpaired) electrons. The SMILES string of the molecule is CCCCCCCCCCC(=O)NCC(C)(C)CC[Si](OCC)(OCC)OCC. The van der Waals surface area contributed by atoms with Crippen molar-refractivity contribution >= 4 is 14.7 Å². The molecular formula is C23H49NO4Si. The molecule has 6 heteroatoms. The number of carbonyl (C=O) groups is 1. The molecule has 0 saturated heterocycles. The molecule has 0 aliphatic heterocycles. The van der Waals surface area contributed by atoms with Crippen LogP contribution in [0.1, 0.15) is 106 Å². The summed E-state index contributed by atoms with van der Waals surface area (Å²) in [6.45, 7) is 15.0. The van der Waals surface area contributed by atoms with E-state index in [9.17, 15) is 4.79 Å². The van der Waals surface area contributed by atoms with Gasteiger partial charge in [0, 0.05) is 38.8 Å². The maximum atomic E-state index is 12.2. The fourth-order valence-electron chi connectivity index (χ4n) is 3.43. The molecule has 0 spiro atoms. The van der Waals surface area contributed by atoms with Crippen molar-refractivity contribution in [1.29, 1.82) is 0 Å². The standard InChI is InChI=1S/C23H49NO4Si/c1-7-11-12-13-14-15-16-17-18-22(25)24-21-23(5,6)19-20-29(26-8-2,27-9-3)28-10-4/h7-21H2,1-6H3,(H,24,25). The highest BCUT2D eigenvalue weighted by atomic mass is 28.4. The molecule has 0 aliphatic carbocycles. The van der Waals surface area contributed by atoms with E-state index in [2.05, 4.69) is 26.1 Å². The largest absolute Gasteiger partial charge is 0.500 e. The Morgan fingerprint density at radius 2 is 1.28 bits per heavy atom. The summed E-state index contributed by atoms with van der Waals surface area (Å²) in [7, 11) is -2.62. The van der Waals surface area contributed by atoms with Gasteiger partial charge >= 0.3 is 8.80 Å². The van der Waals surface area contributed by atoms with Crippen LogP contribution in [0.5, 0.6) is 0 Å². The average molecular weight is 432 g/mol. The van der Waals surface area contributed by atoms with Crippen LogP contribution in [0.15, 0.2) is 0 Å². The van der Waals surface area contributed by atoms with Crippen molar-refractivity contribution in [2.75, 3.05) is 26.4 Å². The molecule has 0 saturated carbocycles. The summed E-state index contributed by atoms with van der Waals surface area (Å²) in [5.74, 6) is 0.173. The van der Waals surface area contributed by atoms with Gasteiger partial charge in [-0.2, -0.15) is 0 Å². The van der Waals surface area contributed by atoms with Crippen molar-refractivity contribution in [2.24, 2.45) is 5.41 Å². The molecule has 1 amide bonds. The summed E-state index contributed by atoms with van der Waals surface area (Å²) < 4.78 is 17.8. The fourth-order valence-corrected chi connectivity index (χ4v) is 6.41. The van der Waals surface area contributed by atoms with Gasteiger partial charge in [0.15, 0.2) is 0 Å². The number of carbonyl (C=O) groups excluding carboxylic acids is 1. The van der Waals surface area contributed by atoms with E-state index in [1.807, 2.05) is 20.8 Å². The molecule has 1 N–H and O–H groups in total. The summed E-state index contributed by atoms with van der Waals surface area (Å²) in [4.78, 5) is 12.2. The van der Waals surface area contributed by atoms with E-state index in [0.717, 1.165) is 25.3 Å². The summed E-state index contributed by atoms with van der Waals surface area (Å²) in [5, 5.41) is 3.13. The van der Waals surface area contributed by atoms with Crippen molar-refractivity contribution in [1.82, 2.24) is 5.32 Å². The molecule has 0 unspecified atom stereocenters. The van der Waals surface area contributed by atoms with Crippen LogP contribution in [-0.4, -0.2) is 41.1 Å². The van der Waals surface area contributed by atoms with E-state index in [1.165, 1.54) is 38.5 Å². The van der Waals surface area contributed by atoms with E-state index < -0.39 is 8.80 Å². The maximum Gasteiger partial charge on any atom is 0.500 e. The lowest BCUT2D eigenvalue weighted by Gasteiger charge is -2.32. The van der Waals surface area contributed by atoms with Crippen LogP contribution < -0.4 is 5.32 Å². The second-order valence-electron chi connectivity index (χ2n) is 8.65. The molecule has 0 rings (SSSR count). The van der Waals surface area contributed by atoms with Crippen LogP contribution in [0, 0.1) is 5.41 Å². The van der Waals surface area contributed by atoms with Crippen molar-refractivity contribution in [3.63, 3.8) is 0 Å². The monoisotopic (exact) mass is 431 g/mol. The molecule has 0 aliphatic rings. The number of rotatable bonds is 20. The Balaban J connectivity index is 4.14. The van der Waals surface area contributed by atoms with Crippen LogP contribution in [0.3, 0.4) is 0 Å². The summed E-state index contributed by atoms with van der Waals surface area (Å²) >= 11 is 0. The Kier molecular flexibility index (Phi) is 17.0. The minimum Gasteiger partial charge on any atom is -0.374 e. The second-order valence-corrected chi connectivity index (χ2v) is 11.4. The topological polar surface area (TPSA) is 56.8 Å². The van der Waals surface area contributed by atoms with E-state index >= 15 is 0 Å². The Hall–Kier alpha value is -0.433. The lowest BCUT2D eigenvalue weighted by Crippen LogP contribution is -2.47. The van der Waals surface area contributed by atoms with Crippen molar-refractivity contribution in [2.45, 2.75) is 112 Å². The lowest BCUT2D eigenvalue weighted by molar-refractivity contribution is -0.121. The van der Waals surface area contributed by atoms with Gasteiger partial charge < -0.3 is 18.6 Å². The van der Waals surface area contributed by atoms with Crippen LogP contribution in [-0.2, 0) is 18.1 Å². The van der Waals surface area contributed by atoms with Gasteiger partial charge in [-0.1, -0.05) is 65.7 Å². The molecule has 0 aromatic carbocycles. The fraction of sp³-hybridized carbons (Fsp3) is 0.957. The lowest BCUT2D eigenvalue weighted by atomic mass is 9.90. The van der Waals surface area contributed by atoms with Gasteiger partial charge in [0.05, 0.1) is 0 Å². The molecule has 0 bridgehead atoms. The van der Waals surface area contributed by atoms with Gasteiger partial charge in [0.1, 0.15) is 0 Å². The number of hydrogen-bond acceptors (Lipinski definition) is 4. The van der Waals surface area contributed by atoms with Crippen molar-refractivity contribution < 1.29 is 18.1 Å². The number of unbranched alkanes of at least 4 members (excludes halogenated alkanes) is 7. The van der Waals surface area contributed by atoms with Crippen LogP contribution in [0.4, 0.5) is 0 Å². The number of amides is 1. The predicted molar refractivity (Wildman–Crippen MR) is 124 cm³/mol. The Morgan fingerprint density at radius 3 is 1.76 bits per heavy atom.